The van der Waals surface area contributed by atoms with Crippen molar-refractivity contribution in [2.75, 3.05) is 13.2 Å². The standard InChI is InChI=1S/C14H26N2O2.ClH/c1-3-12(13-5-4-8-18-13)16-14(17)11-6-7-15-10(2)9-11;/h10-13,15H,3-9H2,1-2H3,(H,16,17);1H/t10-,11-,12?,13?;/m0./s1. The summed E-state index contributed by atoms with van der Waals surface area (Å²) in [6.07, 6.45) is 5.31. The molecule has 5 heteroatoms. The number of halogens is 1. The summed E-state index contributed by atoms with van der Waals surface area (Å²) in [6.45, 7) is 6.08. The molecule has 0 radical (unpaired) electrons. The van der Waals surface area contributed by atoms with Gasteiger partial charge in [0.25, 0.3) is 0 Å². The van der Waals surface area contributed by atoms with E-state index in [1.165, 1.54) is 0 Å². The minimum atomic E-state index is 0. The summed E-state index contributed by atoms with van der Waals surface area (Å²) in [5.74, 6) is 0.405. The van der Waals surface area contributed by atoms with E-state index in [1.807, 2.05) is 0 Å². The topological polar surface area (TPSA) is 50.4 Å². The van der Waals surface area contributed by atoms with E-state index >= 15 is 0 Å². The van der Waals surface area contributed by atoms with E-state index in [2.05, 4.69) is 24.5 Å². The normalized spacial score (nSPS) is 32.4. The molecule has 2 unspecified atom stereocenters. The van der Waals surface area contributed by atoms with Gasteiger partial charge < -0.3 is 15.4 Å². The van der Waals surface area contributed by atoms with Gasteiger partial charge in [-0.2, -0.15) is 0 Å². The third kappa shape index (κ3) is 4.62. The molecule has 2 aliphatic rings. The van der Waals surface area contributed by atoms with Crippen LogP contribution in [0.3, 0.4) is 0 Å². The molecule has 0 bridgehead atoms. The van der Waals surface area contributed by atoms with E-state index in [-0.39, 0.29) is 36.4 Å². The Labute approximate surface area is 122 Å². The second-order valence-corrected chi connectivity index (χ2v) is 5.65. The molecule has 2 saturated heterocycles. The summed E-state index contributed by atoms with van der Waals surface area (Å²) in [5.41, 5.74) is 0. The van der Waals surface area contributed by atoms with Crippen molar-refractivity contribution in [2.45, 2.75) is 64.1 Å². The van der Waals surface area contributed by atoms with Gasteiger partial charge in [-0.1, -0.05) is 6.92 Å². The minimum absolute atomic E-state index is 0. The minimum Gasteiger partial charge on any atom is -0.376 e. The van der Waals surface area contributed by atoms with Crippen molar-refractivity contribution in [3.8, 4) is 0 Å². The molecule has 0 spiro atoms. The van der Waals surface area contributed by atoms with Crippen LogP contribution in [0.15, 0.2) is 0 Å². The lowest BCUT2D eigenvalue weighted by Gasteiger charge is -2.30. The first-order valence-corrected chi connectivity index (χ1v) is 7.36. The molecule has 112 valence electrons. The van der Waals surface area contributed by atoms with Gasteiger partial charge in [0.05, 0.1) is 12.1 Å². The molecule has 19 heavy (non-hydrogen) atoms. The molecule has 2 fully saturated rings. The van der Waals surface area contributed by atoms with E-state index in [1.54, 1.807) is 0 Å². The van der Waals surface area contributed by atoms with Gasteiger partial charge in [0, 0.05) is 18.6 Å². The number of ether oxygens (including phenoxy) is 1. The first-order valence-electron chi connectivity index (χ1n) is 7.36. The predicted octanol–water partition coefficient (Wildman–Crippen LogP) is 1.87. The molecule has 2 N–H and O–H groups in total. The monoisotopic (exact) mass is 290 g/mol. The lowest BCUT2D eigenvalue weighted by atomic mass is 9.92. The van der Waals surface area contributed by atoms with Gasteiger partial charge in [0.15, 0.2) is 0 Å². The van der Waals surface area contributed by atoms with Crippen molar-refractivity contribution in [1.82, 2.24) is 10.6 Å². The first-order chi connectivity index (χ1) is 8.70. The van der Waals surface area contributed by atoms with Crippen molar-refractivity contribution in [3.63, 3.8) is 0 Å². The Bertz CT molecular complexity index is 283. The van der Waals surface area contributed by atoms with Gasteiger partial charge in [0.1, 0.15) is 0 Å². The first kappa shape index (κ1) is 16.7. The van der Waals surface area contributed by atoms with Crippen LogP contribution in [-0.4, -0.2) is 37.2 Å². The van der Waals surface area contributed by atoms with Crippen LogP contribution in [-0.2, 0) is 9.53 Å². The number of carbonyl (C=O) groups excluding carboxylic acids is 1. The molecule has 1 amide bonds. The summed E-state index contributed by atoms with van der Waals surface area (Å²) in [5, 5.41) is 6.59. The number of hydrogen-bond donors (Lipinski definition) is 2. The van der Waals surface area contributed by atoms with E-state index in [9.17, 15) is 4.79 Å². The van der Waals surface area contributed by atoms with E-state index < -0.39 is 0 Å². The number of carbonyl (C=O) groups is 1. The molecule has 4 atom stereocenters. The molecular formula is C14H27ClN2O2. The highest BCUT2D eigenvalue weighted by Crippen LogP contribution is 2.20. The second kappa shape index (κ2) is 8.08. The zero-order chi connectivity index (χ0) is 13.0. The van der Waals surface area contributed by atoms with Crippen LogP contribution >= 0.6 is 12.4 Å². The summed E-state index contributed by atoms with van der Waals surface area (Å²) >= 11 is 0. The zero-order valence-corrected chi connectivity index (χ0v) is 12.8. The van der Waals surface area contributed by atoms with E-state index in [0.717, 1.165) is 45.3 Å². The summed E-state index contributed by atoms with van der Waals surface area (Å²) in [7, 11) is 0. The third-order valence-electron chi connectivity index (χ3n) is 4.18. The van der Waals surface area contributed by atoms with Gasteiger partial charge in [-0.05, 0) is 45.6 Å². The fourth-order valence-electron chi connectivity index (χ4n) is 3.05. The number of nitrogens with one attached hydrogen (secondary N) is 2. The number of piperidine rings is 1. The average molecular weight is 291 g/mol. The zero-order valence-electron chi connectivity index (χ0n) is 12.0. The number of amides is 1. The molecule has 0 saturated carbocycles. The maximum atomic E-state index is 12.3. The fraction of sp³-hybridized carbons (Fsp3) is 0.929. The lowest BCUT2D eigenvalue weighted by molar-refractivity contribution is -0.127. The Morgan fingerprint density at radius 1 is 1.47 bits per heavy atom. The fourth-order valence-corrected chi connectivity index (χ4v) is 3.05. The van der Waals surface area contributed by atoms with Crippen LogP contribution in [0, 0.1) is 5.92 Å². The quantitative estimate of drug-likeness (QED) is 0.831. The summed E-state index contributed by atoms with van der Waals surface area (Å²) in [4.78, 5) is 12.3. The van der Waals surface area contributed by atoms with Crippen LogP contribution in [0.1, 0.15) is 46.0 Å². The Balaban J connectivity index is 0.00000180. The van der Waals surface area contributed by atoms with Gasteiger partial charge in [-0.15, -0.1) is 12.4 Å². The maximum absolute atomic E-state index is 12.3. The average Bonchev–Trinajstić information content (AvgIpc) is 2.89. The molecular weight excluding hydrogens is 264 g/mol. The van der Waals surface area contributed by atoms with E-state index in [4.69, 9.17) is 4.74 Å². The van der Waals surface area contributed by atoms with Crippen molar-refractivity contribution >= 4 is 18.3 Å². The smallest absolute Gasteiger partial charge is 0.223 e. The molecule has 0 aromatic heterocycles. The van der Waals surface area contributed by atoms with E-state index in [0.29, 0.717) is 6.04 Å². The van der Waals surface area contributed by atoms with Crippen molar-refractivity contribution in [2.24, 2.45) is 5.92 Å². The second-order valence-electron chi connectivity index (χ2n) is 5.65. The molecule has 0 aromatic rings. The van der Waals surface area contributed by atoms with Crippen molar-refractivity contribution in [3.05, 3.63) is 0 Å². The molecule has 2 rings (SSSR count). The summed E-state index contributed by atoms with van der Waals surface area (Å²) in [6, 6.07) is 0.655. The molecule has 2 heterocycles. The van der Waals surface area contributed by atoms with Gasteiger partial charge in [0.2, 0.25) is 5.91 Å². The Morgan fingerprint density at radius 2 is 2.26 bits per heavy atom. The summed E-state index contributed by atoms with van der Waals surface area (Å²) < 4.78 is 5.69. The highest BCUT2D eigenvalue weighted by Gasteiger charge is 2.30. The Kier molecular flexibility index (Phi) is 7.11. The molecule has 2 aliphatic heterocycles. The van der Waals surface area contributed by atoms with Crippen molar-refractivity contribution < 1.29 is 9.53 Å². The van der Waals surface area contributed by atoms with Crippen LogP contribution < -0.4 is 10.6 Å². The number of hydrogen-bond acceptors (Lipinski definition) is 3. The third-order valence-corrected chi connectivity index (χ3v) is 4.18. The highest BCUT2D eigenvalue weighted by atomic mass is 35.5. The molecule has 0 aromatic carbocycles. The highest BCUT2D eigenvalue weighted by molar-refractivity contribution is 5.85. The Hall–Kier alpha value is -0.320. The van der Waals surface area contributed by atoms with Crippen LogP contribution in [0.4, 0.5) is 0 Å². The lowest BCUT2D eigenvalue weighted by Crippen LogP contribution is -2.48. The van der Waals surface area contributed by atoms with Crippen molar-refractivity contribution in [1.29, 1.82) is 0 Å². The van der Waals surface area contributed by atoms with Gasteiger partial charge in [-0.25, -0.2) is 0 Å². The maximum Gasteiger partial charge on any atom is 0.223 e. The number of rotatable bonds is 4. The SMILES string of the molecule is CCC(NC(=O)[C@H]1CCN[C@@H](C)C1)C1CCCO1.Cl. The molecule has 0 aliphatic carbocycles. The van der Waals surface area contributed by atoms with Crippen LogP contribution in [0.5, 0.6) is 0 Å². The largest absolute Gasteiger partial charge is 0.376 e. The van der Waals surface area contributed by atoms with Crippen LogP contribution in [0.25, 0.3) is 0 Å². The van der Waals surface area contributed by atoms with Gasteiger partial charge in [-0.3, -0.25) is 4.79 Å². The predicted molar refractivity (Wildman–Crippen MR) is 78.6 cm³/mol. The van der Waals surface area contributed by atoms with Crippen LogP contribution in [0.2, 0.25) is 0 Å². The van der Waals surface area contributed by atoms with Gasteiger partial charge >= 0.3 is 0 Å². The molecule has 4 nitrogen and oxygen atoms in total. The Morgan fingerprint density at radius 3 is 2.84 bits per heavy atom.